The van der Waals surface area contributed by atoms with Gasteiger partial charge >= 0.3 is 0 Å². The summed E-state index contributed by atoms with van der Waals surface area (Å²) < 4.78 is 26.2. The maximum absolute atomic E-state index is 13.1. The van der Waals surface area contributed by atoms with Crippen molar-refractivity contribution in [3.05, 3.63) is 10.6 Å². The lowest BCUT2D eigenvalue weighted by Crippen LogP contribution is -2.35. The molecule has 1 atom stereocenters. The second kappa shape index (κ2) is 5.58. The standard InChI is InChI=1S/C13H18F2N4OS/c1-2-19-4-3-8-10(6-19)21-12(17-8)18-11(20)9-5-13(14,15)7-16-9/h9,16H,2-7H2,1H3,(H,17,18,20). The number of amides is 1. The minimum Gasteiger partial charge on any atom is -0.301 e. The Bertz CT molecular complexity index is 548. The average Bonchev–Trinajstić information content (AvgIpc) is 3.00. The van der Waals surface area contributed by atoms with Gasteiger partial charge in [0.2, 0.25) is 5.91 Å². The number of alkyl halides is 2. The Morgan fingerprint density at radius 2 is 2.43 bits per heavy atom. The number of aromatic nitrogens is 1. The van der Waals surface area contributed by atoms with Crippen LogP contribution in [-0.2, 0) is 17.8 Å². The van der Waals surface area contributed by atoms with Gasteiger partial charge in [0.15, 0.2) is 5.13 Å². The van der Waals surface area contributed by atoms with Crippen LogP contribution in [0.5, 0.6) is 0 Å². The van der Waals surface area contributed by atoms with Crippen molar-refractivity contribution in [3.63, 3.8) is 0 Å². The molecule has 1 saturated heterocycles. The molecule has 2 N–H and O–H groups in total. The molecule has 2 aliphatic heterocycles. The van der Waals surface area contributed by atoms with E-state index in [0.29, 0.717) is 5.13 Å². The van der Waals surface area contributed by atoms with E-state index in [1.54, 1.807) is 0 Å². The number of likely N-dealkylation sites (N-methyl/N-ethyl adjacent to an activating group) is 1. The van der Waals surface area contributed by atoms with Crippen molar-refractivity contribution >= 4 is 22.4 Å². The number of thiazole rings is 1. The number of halogens is 2. The summed E-state index contributed by atoms with van der Waals surface area (Å²) in [5, 5.41) is 5.73. The summed E-state index contributed by atoms with van der Waals surface area (Å²) in [5.74, 6) is -3.23. The van der Waals surface area contributed by atoms with Crippen LogP contribution in [0.3, 0.4) is 0 Å². The summed E-state index contributed by atoms with van der Waals surface area (Å²) in [5.41, 5.74) is 1.02. The van der Waals surface area contributed by atoms with Gasteiger partial charge in [-0.05, 0) is 6.54 Å². The van der Waals surface area contributed by atoms with E-state index in [4.69, 9.17) is 0 Å². The summed E-state index contributed by atoms with van der Waals surface area (Å²) in [6, 6.07) is -0.840. The average molecular weight is 316 g/mol. The van der Waals surface area contributed by atoms with E-state index < -0.39 is 30.8 Å². The highest BCUT2D eigenvalue weighted by atomic mass is 32.1. The largest absolute Gasteiger partial charge is 0.301 e. The lowest BCUT2D eigenvalue weighted by atomic mass is 10.2. The molecule has 1 unspecified atom stereocenters. The summed E-state index contributed by atoms with van der Waals surface area (Å²) >= 11 is 1.44. The van der Waals surface area contributed by atoms with Crippen LogP contribution in [0, 0.1) is 0 Å². The molecule has 3 heterocycles. The van der Waals surface area contributed by atoms with E-state index in [1.165, 1.54) is 11.3 Å². The van der Waals surface area contributed by atoms with Gasteiger partial charge in [-0.15, -0.1) is 11.3 Å². The lowest BCUT2D eigenvalue weighted by Gasteiger charge is -2.23. The van der Waals surface area contributed by atoms with E-state index in [1.807, 2.05) is 0 Å². The third kappa shape index (κ3) is 3.22. The smallest absolute Gasteiger partial charge is 0.262 e. The molecule has 0 spiro atoms. The monoisotopic (exact) mass is 316 g/mol. The van der Waals surface area contributed by atoms with Crippen molar-refractivity contribution in [2.45, 2.75) is 38.3 Å². The van der Waals surface area contributed by atoms with Gasteiger partial charge in [-0.25, -0.2) is 13.8 Å². The van der Waals surface area contributed by atoms with Crippen molar-refractivity contribution in [2.75, 3.05) is 25.0 Å². The summed E-state index contributed by atoms with van der Waals surface area (Å²) in [6.45, 7) is 4.47. The van der Waals surface area contributed by atoms with Crippen LogP contribution in [-0.4, -0.2) is 47.4 Å². The number of fused-ring (bicyclic) bond motifs is 1. The fraction of sp³-hybridized carbons (Fsp3) is 0.692. The minimum atomic E-state index is -2.80. The number of nitrogens with one attached hydrogen (secondary N) is 2. The topological polar surface area (TPSA) is 57.3 Å². The molecule has 0 radical (unpaired) electrons. The Hall–Kier alpha value is -1.12. The molecule has 1 amide bonds. The van der Waals surface area contributed by atoms with Gasteiger partial charge in [0.1, 0.15) is 0 Å². The zero-order chi connectivity index (χ0) is 15.0. The first-order valence-electron chi connectivity index (χ1n) is 7.10. The van der Waals surface area contributed by atoms with E-state index in [-0.39, 0.29) is 0 Å². The number of hydrogen-bond acceptors (Lipinski definition) is 5. The highest BCUT2D eigenvalue weighted by Crippen LogP contribution is 2.29. The van der Waals surface area contributed by atoms with Crippen LogP contribution in [0.2, 0.25) is 0 Å². The second-order valence-electron chi connectivity index (χ2n) is 5.49. The van der Waals surface area contributed by atoms with Gasteiger partial charge in [0.05, 0.1) is 18.3 Å². The van der Waals surface area contributed by atoms with Gasteiger partial charge in [-0.1, -0.05) is 6.92 Å². The first-order chi connectivity index (χ1) is 9.97. The third-order valence-corrected chi connectivity index (χ3v) is 4.91. The second-order valence-corrected chi connectivity index (χ2v) is 6.57. The number of rotatable bonds is 3. The van der Waals surface area contributed by atoms with Crippen molar-refractivity contribution in [3.8, 4) is 0 Å². The maximum atomic E-state index is 13.1. The Kier molecular flexibility index (Phi) is 3.94. The fourth-order valence-electron chi connectivity index (χ4n) is 2.67. The molecule has 2 aliphatic rings. The predicted molar refractivity (Wildman–Crippen MR) is 76.8 cm³/mol. The molecule has 0 bridgehead atoms. The molecule has 3 rings (SSSR count). The van der Waals surface area contributed by atoms with E-state index in [0.717, 1.165) is 36.6 Å². The van der Waals surface area contributed by atoms with E-state index >= 15 is 0 Å². The zero-order valence-electron chi connectivity index (χ0n) is 11.8. The summed E-state index contributed by atoms with van der Waals surface area (Å²) in [4.78, 5) is 19.9. The number of hydrogen-bond donors (Lipinski definition) is 2. The van der Waals surface area contributed by atoms with Crippen molar-refractivity contribution < 1.29 is 13.6 Å². The van der Waals surface area contributed by atoms with Crippen LogP contribution in [0.15, 0.2) is 0 Å². The highest BCUT2D eigenvalue weighted by molar-refractivity contribution is 7.15. The van der Waals surface area contributed by atoms with Gasteiger partial charge in [0, 0.05) is 30.8 Å². The molecule has 5 nitrogen and oxygen atoms in total. The van der Waals surface area contributed by atoms with Gasteiger partial charge in [-0.2, -0.15) is 0 Å². The van der Waals surface area contributed by atoms with Gasteiger partial charge in [0.25, 0.3) is 5.92 Å². The van der Waals surface area contributed by atoms with Crippen molar-refractivity contribution in [1.82, 2.24) is 15.2 Å². The Balaban J connectivity index is 1.64. The first-order valence-corrected chi connectivity index (χ1v) is 7.91. The first kappa shape index (κ1) is 14.8. The lowest BCUT2D eigenvalue weighted by molar-refractivity contribution is -0.118. The number of anilines is 1. The molecule has 116 valence electrons. The highest BCUT2D eigenvalue weighted by Gasteiger charge is 2.42. The number of carbonyl (C=O) groups excluding carboxylic acids is 1. The van der Waals surface area contributed by atoms with Crippen LogP contribution >= 0.6 is 11.3 Å². The number of carbonyl (C=O) groups is 1. The summed E-state index contributed by atoms with van der Waals surface area (Å²) in [7, 11) is 0. The normalized spacial score (nSPS) is 24.8. The van der Waals surface area contributed by atoms with E-state index in [9.17, 15) is 13.6 Å². The van der Waals surface area contributed by atoms with Crippen LogP contribution in [0.25, 0.3) is 0 Å². The number of nitrogens with zero attached hydrogens (tertiary/aromatic N) is 2. The molecule has 1 aromatic heterocycles. The molecule has 0 aromatic carbocycles. The quantitative estimate of drug-likeness (QED) is 0.886. The SMILES string of the molecule is CCN1CCc2nc(NC(=O)C3CC(F)(F)CN3)sc2C1. The van der Waals surface area contributed by atoms with Gasteiger partial charge in [-0.3, -0.25) is 15.0 Å². The zero-order valence-corrected chi connectivity index (χ0v) is 12.6. The summed E-state index contributed by atoms with van der Waals surface area (Å²) in [6.07, 6.45) is 0.419. The van der Waals surface area contributed by atoms with Crippen molar-refractivity contribution in [2.24, 2.45) is 0 Å². The predicted octanol–water partition coefficient (Wildman–Crippen LogP) is 1.46. The minimum absolute atomic E-state index is 0.425. The Morgan fingerprint density at radius 1 is 1.62 bits per heavy atom. The molecule has 1 fully saturated rings. The van der Waals surface area contributed by atoms with Crippen LogP contribution in [0.4, 0.5) is 13.9 Å². The van der Waals surface area contributed by atoms with E-state index in [2.05, 4.69) is 27.4 Å². The maximum Gasteiger partial charge on any atom is 0.262 e. The molecule has 1 aromatic rings. The molecule has 0 saturated carbocycles. The molecule has 8 heteroatoms. The Morgan fingerprint density at radius 3 is 3.10 bits per heavy atom. The third-order valence-electron chi connectivity index (χ3n) is 3.91. The molecular weight excluding hydrogens is 298 g/mol. The van der Waals surface area contributed by atoms with Crippen LogP contribution < -0.4 is 10.6 Å². The molecule has 0 aliphatic carbocycles. The van der Waals surface area contributed by atoms with Crippen molar-refractivity contribution in [1.29, 1.82) is 0 Å². The fourth-order valence-corrected chi connectivity index (χ4v) is 3.72. The Labute approximate surface area is 125 Å². The van der Waals surface area contributed by atoms with Gasteiger partial charge < -0.3 is 5.32 Å². The van der Waals surface area contributed by atoms with Crippen LogP contribution in [0.1, 0.15) is 23.9 Å². The molecule has 21 heavy (non-hydrogen) atoms. The molecular formula is C13H18F2N4OS.